The Bertz CT molecular complexity index is 891. The number of carbonyl (C=O) groups is 6. The highest BCUT2D eigenvalue weighted by Gasteiger charge is 2.17. The quantitative estimate of drug-likeness (QED) is 0.0518. The number of aliphatic hydroxyl groups is 2. The minimum Gasteiger partial charge on any atom is -0.395 e. The zero-order chi connectivity index (χ0) is 36.1. The van der Waals surface area contributed by atoms with Crippen LogP contribution in [0.3, 0.4) is 0 Å². The summed E-state index contributed by atoms with van der Waals surface area (Å²) in [4.78, 5) is 70.3. The minimum atomic E-state index is -0.537. The van der Waals surface area contributed by atoms with E-state index in [2.05, 4.69) is 0 Å². The van der Waals surface area contributed by atoms with Crippen LogP contribution in [-0.2, 0) is 38.2 Å². The normalized spacial score (nSPS) is 11.5. The molecule has 6 radical (unpaired) electrons. The molecule has 8 N–H and O–H groups in total. The van der Waals surface area contributed by atoms with Crippen molar-refractivity contribution in [3.63, 3.8) is 0 Å². The molecule has 0 aliphatic heterocycles. The zero-order valence-electron chi connectivity index (χ0n) is 27.4. The summed E-state index contributed by atoms with van der Waals surface area (Å²) in [6.07, 6.45) is -0.394. The molecule has 0 spiro atoms. The maximum absolute atomic E-state index is 11.5. The van der Waals surface area contributed by atoms with E-state index in [0.29, 0.717) is 26.3 Å². The standard InChI is InChI=1S/C12H23BN2O5.C8H15BN2O3.C7H13BN2O2/c1-10(17)7-15(12(18)6-13)8-11(14)9-20-5-4-19-3-2-16;1-6(13)3-11(8(14)2-9)4-7(10)5-12;1-6(11)5-10(3-2-9)7(12)4-8/h11,16H,2-9,14H2,1H3;7,12H,2-5,10H2,1H3;2-5,9H2,1H3. The highest BCUT2D eigenvalue weighted by molar-refractivity contribution is 6.20. The Labute approximate surface area is 276 Å². The predicted molar refractivity (Wildman–Crippen MR) is 174 cm³/mol. The fourth-order valence-electron chi connectivity index (χ4n) is 3.35. The summed E-state index contributed by atoms with van der Waals surface area (Å²) >= 11 is 0. The van der Waals surface area contributed by atoms with Crippen LogP contribution >= 0.6 is 0 Å². The minimum absolute atomic E-state index is 0.00332. The van der Waals surface area contributed by atoms with Crippen LogP contribution in [0.1, 0.15) is 20.8 Å². The summed E-state index contributed by atoms with van der Waals surface area (Å²) < 4.78 is 10.3. The average Bonchev–Trinajstić information content (AvgIpc) is 3.00. The first kappa shape index (κ1) is 47.7. The lowest BCUT2D eigenvalue weighted by Crippen LogP contribution is -2.45. The van der Waals surface area contributed by atoms with Crippen molar-refractivity contribution in [1.29, 1.82) is 0 Å². The number of hydrogen-bond donors (Lipinski definition) is 5. The number of ether oxygens (including phenoxy) is 2. The summed E-state index contributed by atoms with van der Waals surface area (Å²) in [5.74, 6) is -1.24. The van der Waals surface area contributed by atoms with Gasteiger partial charge in [-0.25, -0.2) is 0 Å². The highest BCUT2D eigenvalue weighted by Crippen LogP contribution is 1.98. The molecule has 0 saturated carbocycles. The van der Waals surface area contributed by atoms with E-state index in [1.165, 1.54) is 35.5 Å². The van der Waals surface area contributed by atoms with Crippen LogP contribution in [0, 0.1) is 0 Å². The first-order valence-electron chi connectivity index (χ1n) is 14.6. The van der Waals surface area contributed by atoms with Crippen molar-refractivity contribution in [2.75, 3.05) is 85.5 Å². The van der Waals surface area contributed by atoms with E-state index in [1.54, 1.807) is 0 Å². The molecule has 3 amide bonds. The van der Waals surface area contributed by atoms with Crippen molar-refractivity contribution in [3.05, 3.63) is 0 Å². The van der Waals surface area contributed by atoms with Crippen LogP contribution in [0.15, 0.2) is 0 Å². The monoisotopic (exact) mass is 652 g/mol. The van der Waals surface area contributed by atoms with Crippen molar-refractivity contribution in [1.82, 2.24) is 14.7 Å². The topological polar surface area (TPSA) is 249 Å². The van der Waals surface area contributed by atoms with E-state index >= 15 is 0 Å². The van der Waals surface area contributed by atoms with E-state index in [0.717, 1.165) is 0 Å². The first-order chi connectivity index (χ1) is 21.6. The second-order valence-corrected chi connectivity index (χ2v) is 9.98. The third kappa shape index (κ3) is 28.8. The Morgan fingerprint density at radius 2 is 1.04 bits per heavy atom. The lowest BCUT2D eigenvalue weighted by Gasteiger charge is -2.24. The fraction of sp³-hybridized carbons (Fsp3) is 0.778. The molecule has 46 heavy (non-hydrogen) atoms. The van der Waals surface area contributed by atoms with Crippen LogP contribution in [0.2, 0.25) is 19.0 Å². The number of amides is 3. The van der Waals surface area contributed by atoms with Gasteiger partial charge in [0.25, 0.3) is 0 Å². The van der Waals surface area contributed by atoms with Crippen LogP contribution in [-0.4, -0.2) is 181 Å². The molecule has 16 nitrogen and oxygen atoms in total. The summed E-state index contributed by atoms with van der Waals surface area (Å²) in [6.45, 7) is 6.37. The number of aliphatic hydroxyl groups excluding tert-OH is 2. The molecule has 0 aromatic rings. The van der Waals surface area contributed by atoms with Gasteiger partial charge in [-0.15, -0.1) is 0 Å². The number of Topliss-reactive ketones (excluding diaryl/α,β-unsaturated/α-hetero) is 3. The van der Waals surface area contributed by atoms with Gasteiger partial charge in [-0.05, 0) is 39.7 Å². The molecule has 0 heterocycles. The third-order valence-corrected chi connectivity index (χ3v) is 5.31. The molecule has 2 unspecified atom stereocenters. The first-order valence-corrected chi connectivity index (χ1v) is 14.6. The number of carbonyl (C=O) groups excluding carboxylic acids is 6. The lowest BCUT2D eigenvalue weighted by atomic mass is 10.0. The highest BCUT2D eigenvalue weighted by atomic mass is 16.5. The molecule has 0 aromatic heterocycles. The van der Waals surface area contributed by atoms with Gasteiger partial charge in [0.2, 0.25) is 17.7 Å². The molecule has 19 heteroatoms. The maximum Gasteiger partial charge on any atom is 0.214 e. The van der Waals surface area contributed by atoms with Crippen LogP contribution in [0.4, 0.5) is 0 Å². The molecule has 0 aliphatic rings. The van der Waals surface area contributed by atoms with Crippen molar-refractivity contribution in [2.45, 2.75) is 51.8 Å². The Morgan fingerprint density at radius 3 is 1.41 bits per heavy atom. The van der Waals surface area contributed by atoms with Gasteiger partial charge in [-0.3, -0.25) is 28.8 Å². The van der Waals surface area contributed by atoms with Gasteiger partial charge in [-0.1, -0.05) is 0 Å². The van der Waals surface area contributed by atoms with Crippen molar-refractivity contribution >= 4 is 58.6 Å². The molecule has 258 valence electrons. The predicted octanol–water partition coefficient (Wildman–Crippen LogP) is -4.40. The molecular formula is C27H51B3N6O10. The van der Waals surface area contributed by atoms with Crippen LogP contribution in [0.5, 0.6) is 0 Å². The molecular weight excluding hydrogens is 601 g/mol. The summed E-state index contributed by atoms with van der Waals surface area (Å²) in [5.41, 5.74) is 16.5. The van der Waals surface area contributed by atoms with Gasteiger partial charge in [0.05, 0.1) is 82.8 Å². The van der Waals surface area contributed by atoms with Crippen LogP contribution in [0.25, 0.3) is 0 Å². The summed E-state index contributed by atoms with van der Waals surface area (Å²) in [6, 6.07) is -0.937. The van der Waals surface area contributed by atoms with Gasteiger partial charge in [0.15, 0.2) is 0 Å². The van der Waals surface area contributed by atoms with Crippen molar-refractivity contribution < 1.29 is 48.5 Å². The summed E-state index contributed by atoms with van der Waals surface area (Å²) in [7, 11) is 15.6. The molecule has 2 atom stereocenters. The molecule has 0 aromatic carbocycles. The average molecular weight is 652 g/mol. The second kappa shape index (κ2) is 31.0. The fourth-order valence-corrected chi connectivity index (χ4v) is 3.35. The Balaban J connectivity index is -0.000000628. The largest absolute Gasteiger partial charge is 0.395 e. The second-order valence-electron chi connectivity index (χ2n) is 9.98. The van der Waals surface area contributed by atoms with Gasteiger partial charge >= 0.3 is 0 Å². The molecule has 0 aliphatic carbocycles. The van der Waals surface area contributed by atoms with Crippen molar-refractivity contribution in [3.8, 4) is 0 Å². The SMILES string of the molecule is [B]CC(=O)N(CC(C)=O)CC(N)CO.[B]CC(=O)N(CC(C)=O)CC(N)COCCOCCO.[B]CC(=O)N(CCN)CC(C)=O. The smallest absolute Gasteiger partial charge is 0.214 e. The van der Waals surface area contributed by atoms with Gasteiger partial charge in [0.1, 0.15) is 17.3 Å². The van der Waals surface area contributed by atoms with Gasteiger partial charge < -0.3 is 51.6 Å². The molecule has 0 fully saturated rings. The lowest BCUT2D eigenvalue weighted by molar-refractivity contribution is -0.133. The van der Waals surface area contributed by atoms with E-state index in [9.17, 15) is 28.8 Å². The molecule has 0 saturated heterocycles. The van der Waals surface area contributed by atoms with E-state index in [4.69, 9.17) is 60.4 Å². The Morgan fingerprint density at radius 1 is 0.652 bits per heavy atom. The number of hydrogen-bond acceptors (Lipinski definition) is 13. The van der Waals surface area contributed by atoms with Gasteiger partial charge in [-0.2, -0.15) is 0 Å². The number of rotatable bonds is 23. The van der Waals surface area contributed by atoms with Crippen molar-refractivity contribution in [2.24, 2.45) is 17.2 Å². The number of nitrogens with zero attached hydrogens (tertiary/aromatic N) is 3. The zero-order valence-corrected chi connectivity index (χ0v) is 27.4. The Hall–Kier alpha value is -2.67. The van der Waals surface area contributed by atoms with Gasteiger partial charge in [0, 0.05) is 38.3 Å². The Kier molecular flexibility index (Phi) is 32.1. The van der Waals surface area contributed by atoms with E-state index in [1.807, 2.05) is 0 Å². The number of ketones is 3. The van der Waals surface area contributed by atoms with Crippen LogP contribution < -0.4 is 17.2 Å². The third-order valence-electron chi connectivity index (χ3n) is 5.31. The maximum atomic E-state index is 11.5. The summed E-state index contributed by atoms with van der Waals surface area (Å²) in [5, 5.41) is 17.2. The molecule has 0 rings (SSSR count). The molecule has 0 bridgehead atoms. The number of nitrogens with two attached hydrogens (primary N) is 3. The van der Waals surface area contributed by atoms with E-state index in [-0.39, 0.29) is 113 Å². The van der Waals surface area contributed by atoms with E-state index < -0.39 is 12.1 Å².